The van der Waals surface area contributed by atoms with Crippen LogP contribution < -0.4 is 9.60 Å². The largest absolute Gasteiger partial charge is 0.338 e. The van der Waals surface area contributed by atoms with Crippen LogP contribution in [0.25, 0.3) is 21.6 Å². The number of hydrogen-bond acceptors (Lipinski definition) is 7. The second-order valence-corrected chi connectivity index (χ2v) is 9.93. The SMILES string of the molecule is Cc1cccc(-c2noc(CNS(=O)(=O)c3ccc4c(c3)sc(=O)n4C(C)C)n2)c1. The fraction of sp³-hybridized carbons (Fsp3) is 0.250. The first-order chi connectivity index (χ1) is 14.2. The van der Waals surface area contributed by atoms with Crippen LogP contribution in [-0.4, -0.2) is 23.1 Å². The normalized spacial score (nSPS) is 12.1. The van der Waals surface area contributed by atoms with Crippen LogP contribution in [0.1, 0.15) is 31.3 Å². The van der Waals surface area contributed by atoms with Gasteiger partial charge in [0, 0.05) is 11.6 Å². The van der Waals surface area contributed by atoms with E-state index < -0.39 is 10.0 Å². The summed E-state index contributed by atoms with van der Waals surface area (Å²) in [4.78, 5) is 16.4. The molecule has 156 valence electrons. The van der Waals surface area contributed by atoms with Crippen LogP contribution in [0, 0.1) is 6.92 Å². The van der Waals surface area contributed by atoms with Crippen molar-refractivity contribution in [3.8, 4) is 11.4 Å². The number of thiazole rings is 1. The number of fused-ring (bicyclic) bond motifs is 1. The van der Waals surface area contributed by atoms with Crippen molar-refractivity contribution in [3.63, 3.8) is 0 Å². The molecule has 0 bridgehead atoms. The Balaban J connectivity index is 1.54. The zero-order valence-electron chi connectivity index (χ0n) is 16.6. The number of hydrogen-bond donors (Lipinski definition) is 1. The van der Waals surface area contributed by atoms with Gasteiger partial charge in [-0.2, -0.15) is 4.98 Å². The van der Waals surface area contributed by atoms with Gasteiger partial charge in [0.25, 0.3) is 0 Å². The van der Waals surface area contributed by atoms with Gasteiger partial charge in [-0.15, -0.1) is 0 Å². The van der Waals surface area contributed by atoms with E-state index in [2.05, 4.69) is 14.9 Å². The van der Waals surface area contributed by atoms with Gasteiger partial charge in [0.05, 0.1) is 21.7 Å². The molecule has 0 aliphatic carbocycles. The smallest absolute Gasteiger partial charge is 0.308 e. The van der Waals surface area contributed by atoms with Gasteiger partial charge in [-0.25, -0.2) is 13.1 Å². The lowest BCUT2D eigenvalue weighted by atomic mass is 10.1. The summed E-state index contributed by atoms with van der Waals surface area (Å²) in [5.74, 6) is 0.556. The van der Waals surface area contributed by atoms with Gasteiger partial charge in [0.2, 0.25) is 21.7 Å². The summed E-state index contributed by atoms with van der Waals surface area (Å²) in [5.41, 5.74) is 2.57. The molecule has 0 spiro atoms. The third kappa shape index (κ3) is 3.93. The summed E-state index contributed by atoms with van der Waals surface area (Å²) in [6.45, 7) is 5.65. The molecule has 0 aliphatic heterocycles. The Hall–Kier alpha value is -2.82. The van der Waals surface area contributed by atoms with Crippen LogP contribution in [0.3, 0.4) is 0 Å². The predicted molar refractivity (Wildman–Crippen MR) is 115 cm³/mol. The van der Waals surface area contributed by atoms with E-state index in [1.165, 1.54) is 12.1 Å². The van der Waals surface area contributed by atoms with E-state index in [0.717, 1.165) is 28.0 Å². The van der Waals surface area contributed by atoms with E-state index in [1.54, 1.807) is 10.6 Å². The first-order valence-corrected chi connectivity index (χ1v) is 11.6. The van der Waals surface area contributed by atoms with Crippen LogP contribution in [0.2, 0.25) is 0 Å². The van der Waals surface area contributed by atoms with Crippen molar-refractivity contribution >= 4 is 31.6 Å². The summed E-state index contributed by atoms with van der Waals surface area (Å²) in [6, 6.07) is 12.3. The van der Waals surface area contributed by atoms with E-state index >= 15 is 0 Å². The molecule has 0 fully saturated rings. The third-order valence-electron chi connectivity index (χ3n) is 4.57. The number of nitrogens with zero attached hydrogens (tertiary/aromatic N) is 3. The second-order valence-electron chi connectivity index (χ2n) is 7.17. The lowest BCUT2D eigenvalue weighted by molar-refractivity contribution is 0.376. The minimum Gasteiger partial charge on any atom is -0.338 e. The quantitative estimate of drug-likeness (QED) is 0.488. The number of benzene rings is 2. The Morgan fingerprint density at radius 3 is 2.73 bits per heavy atom. The highest BCUT2D eigenvalue weighted by Crippen LogP contribution is 2.24. The van der Waals surface area contributed by atoms with Gasteiger partial charge in [-0.05, 0) is 45.0 Å². The maximum atomic E-state index is 12.7. The van der Waals surface area contributed by atoms with E-state index in [0.29, 0.717) is 10.5 Å². The lowest BCUT2D eigenvalue weighted by Crippen LogP contribution is -2.23. The maximum Gasteiger partial charge on any atom is 0.308 e. The first kappa shape index (κ1) is 20.5. The summed E-state index contributed by atoms with van der Waals surface area (Å²) < 4.78 is 35.3. The highest BCUT2D eigenvalue weighted by Gasteiger charge is 2.19. The minimum atomic E-state index is -3.82. The molecule has 0 amide bonds. The van der Waals surface area contributed by atoms with Gasteiger partial charge >= 0.3 is 4.87 Å². The molecule has 1 N–H and O–H groups in total. The van der Waals surface area contributed by atoms with Crippen molar-refractivity contribution in [1.29, 1.82) is 0 Å². The zero-order valence-corrected chi connectivity index (χ0v) is 18.3. The number of aryl methyl sites for hydroxylation is 1. The Bertz CT molecular complexity index is 1380. The Morgan fingerprint density at radius 1 is 1.20 bits per heavy atom. The molecule has 0 saturated heterocycles. The summed E-state index contributed by atoms with van der Waals surface area (Å²) in [7, 11) is -3.82. The monoisotopic (exact) mass is 444 g/mol. The van der Waals surface area contributed by atoms with Gasteiger partial charge in [0.15, 0.2) is 0 Å². The Labute approximate surface area is 177 Å². The zero-order chi connectivity index (χ0) is 21.5. The molecule has 0 saturated carbocycles. The summed E-state index contributed by atoms with van der Waals surface area (Å²) >= 11 is 1.03. The molecule has 0 unspecified atom stereocenters. The van der Waals surface area contributed by atoms with Crippen LogP contribution in [0.4, 0.5) is 0 Å². The fourth-order valence-electron chi connectivity index (χ4n) is 3.14. The van der Waals surface area contributed by atoms with Crippen molar-refractivity contribution < 1.29 is 12.9 Å². The topological polar surface area (TPSA) is 107 Å². The molecule has 0 atom stereocenters. The third-order valence-corrected chi connectivity index (χ3v) is 6.89. The molecule has 30 heavy (non-hydrogen) atoms. The van der Waals surface area contributed by atoms with E-state index in [4.69, 9.17) is 4.52 Å². The molecule has 2 aromatic carbocycles. The van der Waals surface area contributed by atoms with Crippen molar-refractivity contribution in [3.05, 3.63) is 63.6 Å². The van der Waals surface area contributed by atoms with Crippen molar-refractivity contribution in [1.82, 2.24) is 19.4 Å². The molecule has 8 nitrogen and oxygen atoms in total. The number of sulfonamides is 1. The molecule has 0 radical (unpaired) electrons. The maximum absolute atomic E-state index is 12.7. The average Bonchev–Trinajstić information content (AvgIpc) is 3.29. The van der Waals surface area contributed by atoms with Crippen LogP contribution in [0.15, 0.2) is 56.7 Å². The molecule has 10 heteroatoms. The Kier molecular flexibility index (Phi) is 5.31. The summed E-state index contributed by atoms with van der Waals surface area (Å²) in [5, 5.41) is 3.91. The highest BCUT2D eigenvalue weighted by molar-refractivity contribution is 7.89. The number of rotatable bonds is 6. The van der Waals surface area contributed by atoms with Crippen molar-refractivity contribution in [2.45, 2.75) is 38.3 Å². The summed E-state index contributed by atoms with van der Waals surface area (Å²) in [6.07, 6.45) is 0. The van der Waals surface area contributed by atoms with Gasteiger partial charge in [0.1, 0.15) is 0 Å². The predicted octanol–water partition coefficient (Wildman–Crippen LogP) is 3.48. The van der Waals surface area contributed by atoms with Crippen LogP contribution in [0.5, 0.6) is 0 Å². The highest BCUT2D eigenvalue weighted by atomic mass is 32.2. The molecule has 4 rings (SSSR count). The molecular weight excluding hydrogens is 424 g/mol. The van der Waals surface area contributed by atoms with Gasteiger partial charge in [-0.3, -0.25) is 9.36 Å². The standard InChI is InChI=1S/C20H20N4O4S2/c1-12(2)24-16-8-7-15(10-17(16)29-20(24)25)30(26,27)21-11-18-22-19(23-28-18)14-6-4-5-13(3)9-14/h4-10,12,21H,11H2,1-3H3. The first-order valence-electron chi connectivity index (χ1n) is 9.29. The molecule has 2 heterocycles. The van der Waals surface area contributed by atoms with Crippen LogP contribution in [-0.2, 0) is 16.6 Å². The van der Waals surface area contributed by atoms with Gasteiger partial charge < -0.3 is 4.52 Å². The molecular formula is C20H20N4O4S2. The molecule has 0 aliphatic rings. The molecule has 4 aromatic rings. The van der Waals surface area contributed by atoms with Crippen molar-refractivity contribution in [2.75, 3.05) is 0 Å². The molecule has 2 aromatic heterocycles. The second kappa shape index (κ2) is 7.78. The minimum absolute atomic E-state index is 0.00745. The Morgan fingerprint density at radius 2 is 2.00 bits per heavy atom. The van der Waals surface area contributed by atoms with Gasteiger partial charge in [-0.1, -0.05) is 40.3 Å². The number of aromatic nitrogens is 3. The fourth-order valence-corrected chi connectivity index (χ4v) is 5.27. The van der Waals surface area contributed by atoms with E-state index in [-0.39, 0.29) is 28.2 Å². The van der Waals surface area contributed by atoms with Crippen molar-refractivity contribution in [2.24, 2.45) is 0 Å². The van der Waals surface area contributed by atoms with Crippen LogP contribution >= 0.6 is 11.3 Å². The number of nitrogens with one attached hydrogen (secondary N) is 1. The average molecular weight is 445 g/mol. The van der Waals surface area contributed by atoms with E-state index in [1.807, 2.05) is 45.0 Å². The van der Waals surface area contributed by atoms with E-state index in [9.17, 15) is 13.2 Å². The lowest BCUT2D eigenvalue weighted by Gasteiger charge is -2.08.